The molecule has 1 fully saturated rings. The van der Waals surface area contributed by atoms with Crippen LogP contribution in [0.4, 0.5) is 8.78 Å². The van der Waals surface area contributed by atoms with E-state index >= 15 is 0 Å². The van der Waals surface area contributed by atoms with E-state index in [4.69, 9.17) is 10.00 Å². The van der Waals surface area contributed by atoms with Crippen molar-refractivity contribution < 1.29 is 18.3 Å². The number of benzene rings is 1. The van der Waals surface area contributed by atoms with Crippen LogP contribution in [-0.2, 0) is 4.79 Å². The number of fused-ring (bicyclic) bond motifs is 4. The number of alkyl halides is 2. The van der Waals surface area contributed by atoms with Crippen LogP contribution in [0.1, 0.15) is 37.4 Å². The number of amides is 1. The molecule has 2 atom stereocenters. The predicted octanol–water partition coefficient (Wildman–Crippen LogP) is 2.88. The standard InChI is InChI=1S/C16H16F2N2O2/c1-16(2,14(17)18)15(21)20-8-10-6-12(20)11-5-9(7-19)3-4-13(11)22-10/h3-5,10,12,14H,6,8H2,1-2H3/t10-,12-/m0/s1. The van der Waals surface area contributed by atoms with E-state index in [1.807, 2.05) is 6.07 Å². The Labute approximate surface area is 127 Å². The van der Waals surface area contributed by atoms with Crippen molar-refractivity contribution in [3.05, 3.63) is 29.3 Å². The Balaban J connectivity index is 1.97. The molecule has 2 heterocycles. The monoisotopic (exact) mass is 306 g/mol. The van der Waals surface area contributed by atoms with Crippen molar-refractivity contribution in [1.82, 2.24) is 4.90 Å². The van der Waals surface area contributed by atoms with Crippen LogP contribution in [0.3, 0.4) is 0 Å². The largest absolute Gasteiger partial charge is 0.488 e. The molecular weight excluding hydrogens is 290 g/mol. The highest BCUT2D eigenvalue weighted by molar-refractivity contribution is 5.83. The Bertz CT molecular complexity index is 667. The predicted molar refractivity (Wildman–Crippen MR) is 74.4 cm³/mol. The molecule has 0 saturated carbocycles. The average Bonchev–Trinajstić information content (AvgIpc) is 2.84. The van der Waals surface area contributed by atoms with Gasteiger partial charge in [0.25, 0.3) is 6.43 Å². The smallest absolute Gasteiger partial charge is 0.252 e. The lowest BCUT2D eigenvalue weighted by Gasteiger charge is -2.32. The van der Waals surface area contributed by atoms with E-state index < -0.39 is 17.7 Å². The van der Waals surface area contributed by atoms with Gasteiger partial charge in [0.1, 0.15) is 17.3 Å². The fourth-order valence-electron chi connectivity index (χ4n) is 3.03. The topological polar surface area (TPSA) is 53.3 Å². The van der Waals surface area contributed by atoms with E-state index in [9.17, 15) is 13.6 Å². The molecule has 0 aliphatic carbocycles. The van der Waals surface area contributed by atoms with E-state index in [-0.39, 0.29) is 12.1 Å². The average molecular weight is 306 g/mol. The third-order valence-electron chi connectivity index (χ3n) is 4.41. The summed E-state index contributed by atoms with van der Waals surface area (Å²) in [5.74, 6) is 0.0548. The second kappa shape index (κ2) is 4.94. The van der Waals surface area contributed by atoms with Crippen molar-refractivity contribution in [1.29, 1.82) is 5.26 Å². The second-order valence-electron chi connectivity index (χ2n) is 6.34. The molecule has 0 spiro atoms. The molecule has 0 N–H and O–H groups in total. The van der Waals surface area contributed by atoms with Gasteiger partial charge < -0.3 is 9.64 Å². The summed E-state index contributed by atoms with van der Waals surface area (Å²) < 4.78 is 32.1. The Morgan fingerprint density at radius 3 is 2.86 bits per heavy atom. The number of rotatable bonds is 2. The highest BCUT2D eigenvalue weighted by Gasteiger charge is 2.49. The number of nitriles is 1. The van der Waals surface area contributed by atoms with Crippen molar-refractivity contribution in [2.24, 2.45) is 5.41 Å². The molecule has 0 radical (unpaired) electrons. The first-order valence-electron chi connectivity index (χ1n) is 7.14. The molecule has 2 aliphatic rings. The van der Waals surface area contributed by atoms with Crippen LogP contribution >= 0.6 is 0 Å². The molecule has 0 aromatic heterocycles. The van der Waals surface area contributed by atoms with Crippen LogP contribution < -0.4 is 4.74 Å². The summed E-state index contributed by atoms with van der Waals surface area (Å²) in [4.78, 5) is 14.0. The maximum absolute atomic E-state index is 13.2. The summed E-state index contributed by atoms with van der Waals surface area (Å²) >= 11 is 0. The van der Waals surface area contributed by atoms with Gasteiger partial charge in [0.05, 0.1) is 24.2 Å². The fraction of sp³-hybridized carbons (Fsp3) is 0.500. The van der Waals surface area contributed by atoms with Crippen LogP contribution in [0.25, 0.3) is 0 Å². The minimum atomic E-state index is -2.73. The highest BCUT2D eigenvalue weighted by atomic mass is 19.3. The van der Waals surface area contributed by atoms with E-state index in [2.05, 4.69) is 0 Å². The van der Waals surface area contributed by atoms with Crippen LogP contribution in [0.15, 0.2) is 18.2 Å². The molecular formula is C16H16F2N2O2. The molecule has 0 unspecified atom stereocenters. The fourth-order valence-corrected chi connectivity index (χ4v) is 3.03. The van der Waals surface area contributed by atoms with Gasteiger partial charge in [0.15, 0.2) is 0 Å². The SMILES string of the molecule is CC(C)(C(=O)N1C[C@@H]2C[C@H]1c1cc(C#N)ccc1O2)C(F)F. The number of hydrogen-bond donors (Lipinski definition) is 0. The van der Waals surface area contributed by atoms with Gasteiger partial charge in [-0.3, -0.25) is 4.79 Å². The molecule has 2 bridgehead atoms. The molecule has 6 heteroatoms. The third-order valence-corrected chi connectivity index (χ3v) is 4.41. The quantitative estimate of drug-likeness (QED) is 0.844. The molecule has 2 aliphatic heterocycles. The molecule has 1 aromatic rings. The summed E-state index contributed by atoms with van der Waals surface area (Å²) in [7, 11) is 0. The summed E-state index contributed by atoms with van der Waals surface area (Å²) in [6, 6.07) is 6.79. The van der Waals surface area contributed by atoms with Crippen LogP contribution in [0.2, 0.25) is 0 Å². The van der Waals surface area contributed by atoms with Gasteiger partial charge >= 0.3 is 0 Å². The maximum atomic E-state index is 13.2. The first-order chi connectivity index (χ1) is 10.3. The Kier molecular flexibility index (Phi) is 3.32. The number of hydrogen-bond acceptors (Lipinski definition) is 3. The summed E-state index contributed by atoms with van der Waals surface area (Å²) in [5, 5.41) is 9.02. The summed E-state index contributed by atoms with van der Waals surface area (Å²) in [6.45, 7) is 2.82. The van der Waals surface area contributed by atoms with Crippen molar-refractivity contribution in [2.45, 2.75) is 38.8 Å². The van der Waals surface area contributed by atoms with Gasteiger partial charge in [-0.1, -0.05) is 0 Å². The summed E-state index contributed by atoms with van der Waals surface area (Å²) in [5.41, 5.74) is -0.538. The minimum absolute atomic E-state index is 0.178. The van der Waals surface area contributed by atoms with Crippen LogP contribution in [-0.4, -0.2) is 29.9 Å². The molecule has 22 heavy (non-hydrogen) atoms. The molecule has 3 rings (SSSR count). The van der Waals surface area contributed by atoms with Crippen molar-refractivity contribution >= 4 is 5.91 Å². The van der Waals surface area contributed by atoms with Gasteiger partial charge in [-0.15, -0.1) is 0 Å². The Morgan fingerprint density at radius 1 is 1.50 bits per heavy atom. The van der Waals surface area contributed by atoms with Crippen molar-refractivity contribution in [2.75, 3.05) is 6.54 Å². The number of likely N-dealkylation sites (tertiary alicyclic amines) is 1. The Morgan fingerprint density at radius 2 is 2.23 bits per heavy atom. The normalized spacial score (nSPS) is 23.0. The van der Waals surface area contributed by atoms with Gasteiger partial charge in [0.2, 0.25) is 5.91 Å². The van der Waals surface area contributed by atoms with E-state index in [1.165, 1.54) is 18.7 Å². The third kappa shape index (κ3) is 2.12. The molecule has 1 amide bonds. The number of halogens is 2. The lowest BCUT2D eigenvalue weighted by atomic mass is 9.91. The van der Waals surface area contributed by atoms with E-state index in [0.29, 0.717) is 24.3 Å². The van der Waals surface area contributed by atoms with Crippen LogP contribution in [0.5, 0.6) is 5.75 Å². The zero-order valence-electron chi connectivity index (χ0n) is 12.3. The number of carbonyl (C=O) groups excluding carboxylic acids is 1. The van der Waals surface area contributed by atoms with Gasteiger partial charge in [-0.25, -0.2) is 8.78 Å². The zero-order chi connectivity index (χ0) is 16.1. The number of nitrogens with zero attached hydrogens (tertiary/aromatic N) is 2. The first kappa shape index (κ1) is 14.8. The minimum Gasteiger partial charge on any atom is -0.488 e. The zero-order valence-corrected chi connectivity index (χ0v) is 12.3. The maximum Gasteiger partial charge on any atom is 0.252 e. The number of carbonyl (C=O) groups is 1. The number of ether oxygens (including phenoxy) is 1. The molecule has 116 valence electrons. The van der Waals surface area contributed by atoms with Gasteiger partial charge in [-0.05, 0) is 32.0 Å². The molecule has 1 aromatic carbocycles. The Hall–Kier alpha value is -2.16. The molecule has 4 nitrogen and oxygen atoms in total. The molecule has 1 saturated heterocycles. The first-order valence-corrected chi connectivity index (χ1v) is 7.14. The highest BCUT2D eigenvalue weighted by Crippen LogP contribution is 2.45. The van der Waals surface area contributed by atoms with Crippen molar-refractivity contribution in [3.63, 3.8) is 0 Å². The van der Waals surface area contributed by atoms with Gasteiger partial charge in [-0.2, -0.15) is 5.26 Å². The lowest BCUT2D eigenvalue weighted by Crippen LogP contribution is -2.44. The van der Waals surface area contributed by atoms with Gasteiger partial charge in [0, 0.05) is 12.0 Å². The second-order valence-corrected chi connectivity index (χ2v) is 6.34. The van der Waals surface area contributed by atoms with E-state index in [0.717, 1.165) is 5.56 Å². The summed E-state index contributed by atoms with van der Waals surface area (Å²) in [6.07, 6.45) is -2.33. The van der Waals surface area contributed by atoms with Crippen molar-refractivity contribution in [3.8, 4) is 11.8 Å². The lowest BCUT2D eigenvalue weighted by molar-refractivity contribution is -0.149. The van der Waals surface area contributed by atoms with E-state index in [1.54, 1.807) is 18.2 Å². The van der Waals surface area contributed by atoms with Crippen LogP contribution in [0, 0.1) is 16.7 Å².